The lowest BCUT2D eigenvalue weighted by Crippen LogP contribution is -2.22. The van der Waals surface area contributed by atoms with Crippen molar-refractivity contribution in [2.75, 3.05) is 0 Å². The van der Waals surface area contributed by atoms with Crippen LogP contribution in [-0.4, -0.2) is 21.0 Å². The predicted octanol–water partition coefficient (Wildman–Crippen LogP) is 2.13. The van der Waals surface area contributed by atoms with Crippen LogP contribution in [0.5, 0.6) is 0 Å². The van der Waals surface area contributed by atoms with Crippen LogP contribution in [0.2, 0.25) is 0 Å². The Morgan fingerprint density at radius 1 is 1.22 bits per heavy atom. The van der Waals surface area contributed by atoms with Crippen LogP contribution in [0.25, 0.3) is 11.4 Å². The van der Waals surface area contributed by atoms with Gasteiger partial charge in [0.2, 0.25) is 0 Å². The van der Waals surface area contributed by atoms with Gasteiger partial charge in [0, 0.05) is 41.8 Å². The Labute approximate surface area is 107 Å². The van der Waals surface area contributed by atoms with Gasteiger partial charge >= 0.3 is 0 Å². The minimum Gasteiger partial charge on any atom is -0.327 e. The molecule has 0 saturated heterocycles. The maximum Gasteiger partial charge on any atom is 0.159 e. The third-order valence-electron chi connectivity index (χ3n) is 2.84. The van der Waals surface area contributed by atoms with E-state index in [9.17, 15) is 0 Å². The lowest BCUT2D eigenvalue weighted by molar-refractivity contribution is 0.635. The monoisotopic (exact) mass is 242 g/mol. The number of pyridine rings is 1. The smallest absolute Gasteiger partial charge is 0.159 e. The summed E-state index contributed by atoms with van der Waals surface area (Å²) in [6, 6.07) is 5.99. The van der Waals surface area contributed by atoms with Crippen LogP contribution in [0.15, 0.2) is 30.6 Å². The molecule has 0 aromatic carbocycles. The summed E-state index contributed by atoms with van der Waals surface area (Å²) in [7, 11) is 0. The van der Waals surface area contributed by atoms with Gasteiger partial charge in [0.25, 0.3) is 0 Å². The maximum atomic E-state index is 5.97. The molecule has 94 valence electrons. The first-order chi connectivity index (χ1) is 8.69. The Morgan fingerprint density at radius 3 is 2.61 bits per heavy atom. The summed E-state index contributed by atoms with van der Waals surface area (Å²) in [5.74, 6) is 0.746. The van der Waals surface area contributed by atoms with Crippen LogP contribution in [0, 0.1) is 6.92 Å². The molecule has 4 nitrogen and oxygen atoms in total. The molecule has 2 rings (SSSR count). The molecule has 18 heavy (non-hydrogen) atoms. The lowest BCUT2D eigenvalue weighted by Gasteiger charge is -2.10. The summed E-state index contributed by atoms with van der Waals surface area (Å²) in [5, 5.41) is 0. The van der Waals surface area contributed by atoms with Crippen LogP contribution in [0.1, 0.15) is 24.7 Å². The summed E-state index contributed by atoms with van der Waals surface area (Å²) in [6.07, 6.45) is 5.24. The molecule has 2 heterocycles. The van der Waals surface area contributed by atoms with E-state index in [2.05, 4.69) is 21.9 Å². The zero-order chi connectivity index (χ0) is 13.0. The van der Waals surface area contributed by atoms with E-state index >= 15 is 0 Å². The van der Waals surface area contributed by atoms with E-state index < -0.39 is 0 Å². The van der Waals surface area contributed by atoms with Gasteiger partial charge in [0.1, 0.15) is 0 Å². The number of nitrogens with two attached hydrogens (primary N) is 1. The lowest BCUT2D eigenvalue weighted by atomic mass is 10.1. The molecule has 2 aromatic rings. The highest BCUT2D eigenvalue weighted by Crippen LogP contribution is 2.15. The molecular weight excluding hydrogens is 224 g/mol. The molecule has 0 saturated carbocycles. The Hall–Kier alpha value is -1.81. The Kier molecular flexibility index (Phi) is 3.99. The fourth-order valence-electron chi connectivity index (χ4n) is 1.78. The van der Waals surface area contributed by atoms with Gasteiger partial charge in [-0.15, -0.1) is 0 Å². The van der Waals surface area contributed by atoms with E-state index in [0.717, 1.165) is 35.6 Å². The molecule has 0 radical (unpaired) electrons. The van der Waals surface area contributed by atoms with Crippen LogP contribution in [0.4, 0.5) is 0 Å². The summed E-state index contributed by atoms with van der Waals surface area (Å²) in [4.78, 5) is 13.0. The number of hydrogen-bond acceptors (Lipinski definition) is 4. The molecule has 1 atom stereocenters. The third kappa shape index (κ3) is 3.11. The van der Waals surface area contributed by atoms with E-state index in [1.807, 2.05) is 25.1 Å². The Bertz CT molecular complexity index is 510. The molecule has 0 aliphatic rings. The molecular formula is C14H18N4. The molecule has 1 unspecified atom stereocenters. The van der Waals surface area contributed by atoms with Crippen molar-refractivity contribution in [2.24, 2.45) is 5.73 Å². The second-order valence-corrected chi connectivity index (χ2v) is 4.43. The third-order valence-corrected chi connectivity index (χ3v) is 2.84. The molecule has 0 bridgehead atoms. The average Bonchev–Trinajstić information content (AvgIpc) is 2.39. The van der Waals surface area contributed by atoms with Gasteiger partial charge in [0.05, 0.1) is 0 Å². The molecule has 0 fully saturated rings. The highest BCUT2D eigenvalue weighted by Gasteiger charge is 2.07. The quantitative estimate of drug-likeness (QED) is 0.892. The average molecular weight is 242 g/mol. The number of nitrogens with zero attached hydrogens (tertiary/aromatic N) is 3. The fourth-order valence-corrected chi connectivity index (χ4v) is 1.78. The van der Waals surface area contributed by atoms with Crippen molar-refractivity contribution in [1.29, 1.82) is 0 Å². The molecule has 0 aliphatic heterocycles. The minimum atomic E-state index is 0.157. The van der Waals surface area contributed by atoms with E-state index in [4.69, 9.17) is 5.73 Å². The van der Waals surface area contributed by atoms with Gasteiger partial charge in [-0.3, -0.25) is 4.98 Å². The zero-order valence-corrected chi connectivity index (χ0v) is 10.8. The summed E-state index contributed by atoms with van der Waals surface area (Å²) in [6.45, 7) is 4.07. The molecule has 2 aromatic heterocycles. The van der Waals surface area contributed by atoms with E-state index in [-0.39, 0.29) is 6.04 Å². The first kappa shape index (κ1) is 12.6. The highest BCUT2D eigenvalue weighted by atomic mass is 14.9. The van der Waals surface area contributed by atoms with Crippen molar-refractivity contribution >= 4 is 0 Å². The van der Waals surface area contributed by atoms with Crippen LogP contribution >= 0.6 is 0 Å². The fraction of sp³-hybridized carbons (Fsp3) is 0.357. The highest BCUT2D eigenvalue weighted by molar-refractivity contribution is 5.53. The SMILES string of the molecule is CCC(N)Cc1cc(C)nc(-c2ccncc2)n1. The van der Waals surface area contributed by atoms with Crippen molar-refractivity contribution < 1.29 is 0 Å². The first-order valence-electron chi connectivity index (χ1n) is 6.19. The molecule has 0 aliphatic carbocycles. The summed E-state index contributed by atoms with van der Waals surface area (Å²) < 4.78 is 0. The number of aromatic nitrogens is 3. The second-order valence-electron chi connectivity index (χ2n) is 4.43. The van der Waals surface area contributed by atoms with Crippen molar-refractivity contribution in [1.82, 2.24) is 15.0 Å². The van der Waals surface area contributed by atoms with Crippen LogP contribution < -0.4 is 5.73 Å². The number of rotatable bonds is 4. The molecule has 0 spiro atoms. The largest absolute Gasteiger partial charge is 0.327 e. The van der Waals surface area contributed by atoms with Crippen molar-refractivity contribution in [2.45, 2.75) is 32.7 Å². The topological polar surface area (TPSA) is 64.7 Å². The van der Waals surface area contributed by atoms with E-state index in [1.165, 1.54) is 0 Å². The summed E-state index contributed by atoms with van der Waals surface area (Å²) >= 11 is 0. The van der Waals surface area contributed by atoms with Crippen molar-refractivity contribution in [3.05, 3.63) is 42.0 Å². The number of aryl methyl sites for hydroxylation is 1. The standard InChI is InChI=1S/C14H18N4/c1-3-12(15)9-13-8-10(2)17-14(18-13)11-4-6-16-7-5-11/h4-8,12H,3,9,15H2,1-2H3. The van der Waals surface area contributed by atoms with Gasteiger partial charge in [-0.25, -0.2) is 9.97 Å². The molecule has 2 N–H and O–H groups in total. The second kappa shape index (κ2) is 5.69. The summed E-state index contributed by atoms with van der Waals surface area (Å²) in [5.41, 5.74) is 8.93. The minimum absolute atomic E-state index is 0.157. The van der Waals surface area contributed by atoms with Gasteiger partial charge in [-0.1, -0.05) is 6.92 Å². The van der Waals surface area contributed by atoms with Crippen LogP contribution in [0.3, 0.4) is 0 Å². The van der Waals surface area contributed by atoms with E-state index in [1.54, 1.807) is 12.4 Å². The predicted molar refractivity (Wildman–Crippen MR) is 72.0 cm³/mol. The Morgan fingerprint density at radius 2 is 1.94 bits per heavy atom. The van der Waals surface area contributed by atoms with Crippen LogP contribution in [-0.2, 0) is 6.42 Å². The van der Waals surface area contributed by atoms with Gasteiger partial charge in [0.15, 0.2) is 5.82 Å². The molecule has 4 heteroatoms. The normalized spacial score (nSPS) is 12.4. The van der Waals surface area contributed by atoms with Gasteiger partial charge < -0.3 is 5.73 Å². The van der Waals surface area contributed by atoms with Crippen molar-refractivity contribution in [3.8, 4) is 11.4 Å². The van der Waals surface area contributed by atoms with Crippen molar-refractivity contribution in [3.63, 3.8) is 0 Å². The number of hydrogen-bond donors (Lipinski definition) is 1. The maximum absolute atomic E-state index is 5.97. The zero-order valence-electron chi connectivity index (χ0n) is 10.8. The van der Waals surface area contributed by atoms with Gasteiger partial charge in [-0.05, 0) is 31.5 Å². The van der Waals surface area contributed by atoms with E-state index in [0.29, 0.717) is 0 Å². The Balaban J connectivity index is 2.32. The first-order valence-corrected chi connectivity index (χ1v) is 6.19. The molecule has 0 amide bonds. The van der Waals surface area contributed by atoms with Gasteiger partial charge in [-0.2, -0.15) is 0 Å².